The summed E-state index contributed by atoms with van der Waals surface area (Å²) in [6.07, 6.45) is 6.53. The van der Waals surface area contributed by atoms with Gasteiger partial charge in [-0.2, -0.15) is 0 Å². The number of amides is 1. The number of hydrogen-bond acceptors (Lipinski definition) is 2. The van der Waals surface area contributed by atoms with E-state index < -0.39 is 6.04 Å². The van der Waals surface area contributed by atoms with Gasteiger partial charge >= 0.3 is 0 Å². The smallest absolute Gasteiger partial charge is 0.244 e. The Morgan fingerprint density at radius 3 is 2.56 bits per heavy atom. The quantitative estimate of drug-likeness (QED) is 0.726. The molecule has 126 valence electrons. The molecule has 0 spiro atoms. The Morgan fingerprint density at radius 2 is 1.88 bits per heavy atom. The number of hydrogen-bond donors (Lipinski definition) is 1. The summed E-state index contributed by atoms with van der Waals surface area (Å²) in [6, 6.07) is 15.2. The van der Waals surface area contributed by atoms with Gasteiger partial charge in [-0.1, -0.05) is 48.5 Å². The lowest BCUT2D eigenvalue weighted by molar-refractivity contribution is -0.117. The Morgan fingerprint density at radius 1 is 1.16 bits per heavy atom. The molecule has 0 aliphatic rings. The predicted molar refractivity (Wildman–Crippen MR) is 95.1 cm³/mol. The Balaban J connectivity index is 1.86. The summed E-state index contributed by atoms with van der Waals surface area (Å²) in [5, 5.41) is 2.84. The predicted octanol–water partition coefficient (Wildman–Crippen LogP) is 3.48. The third kappa shape index (κ3) is 4.01. The number of nitrogens with zero attached hydrogens (tertiary/aromatic N) is 2. The summed E-state index contributed by atoms with van der Waals surface area (Å²) in [7, 11) is 1.81. The molecule has 0 bridgehead atoms. The minimum atomic E-state index is -0.672. The van der Waals surface area contributed by atoms with Crippen molar-refractivity contribution >= 4 is 12.0 Å². The second kappa shape index (κ2) is 7.57. The highest BCUT2D eigenvalue weighted by Crippen LogP contribution is 2.23. The van der Waals surface area contributed by atoms with Gasteiger partial charge in [0.15, 0.2) is 0 Å². The zero-order valence-corrected chi connectivity index (χ0v) is 13.8. The summed E-state index contributed by atoms with van der Waals surface area (Å²) in [6.45, 7) is 0. The molecule has 0 saturated carbocycles. The number of imidazole rings is 1. The number of aryl methyl sites for hydroxylation is 1. The van der Waals surface area contributed by atoms with Gasteiger partial charge in [-0.3, -0.25) is 4.79 Å². The Labute approximate surface area is 145 Å². The molecule has 25 heavy (non-hydrogen) atoms. The van der Waals surface area contributed by atoms with E-state index in [1.54, 1.807) is 41.2 Å². The average Bonchev–Trinajstić information content (AvgIpc) is 3.05. The summed E-state index contributed by atoms with van der Waals surface area (Å²) >= 11 is 0. The van der Waals surface area contributed by atoms with Crippen LogP contribution in [0.25, 0.3) is 6.08 Å². The van der Waals surface area contributed by atoms with E-state index in [2.05, 4.69) is 10.3 Å². The molecule has 0 fully saturated rings. The van der Waals surface area contributed by atoms with Gasteiger partial charge in [0.1, 0.15) is 17.7 Å². The van der Waals surface area contributed by atoms with Crippen molar-refractivity contribution in [1.82, 2.24) is 14.9 Å². The molecule has 5 heteroatoms. The van der Waals surface area contributed by atoms with Gasteiger partial charge in [-0.15, -0.1) is 0 Å². The third-order valence-electron chi connectivity index (χ3n) is 3.85. The van der Waals surface area contributed by atoms with Crippen LogP contribution in [-0.4, -0.2) is 15.5 Å². The van der Waals surface area contributed by atoms with E-state index in [4.69, 9.17) is 0 Å². The zero-order valence-electron chi connectivity index (χ0n) is 13.8. The highest BCUT2D eigenvalue weighted by Gasteiger charge is 2.22. The van der Waals surface area contributed by atoms with Crippen molar-refractivity contribution in [1.29, 1.82) is 0 Å². The van der Waals surface area contributed by atoms with Gasteiger partial charge in [0.2, 0.25) is 5.91 Å². The lowest BCUT2D eigenvalue weighted by Crippen LogP contribution is -2.30. The fourth-order valence-electron chi connectivity index (χ4n) is 2.57. The van der Waals surface area contributed by atoms with E-state index in [9.17, 15) is 9.18 Å². The maximum absolute atomic E-state index is 14.3. The molecule has 1 N–H and O–H groups in total. The largest absolute Gasteiger partial charge is 0.338 e. The molecule has 0 saturated heterocycles. The van der Waals surface area contributed by atoms with E-state index in [0.717, 1.165) is 5.56 Å². The van der Waals surface area contributed by atoms with Crippen LogP contribution in [0, 0.1) is 5.82 Å². The maximum Gasteiger partial charge on any atom is 0.244 e. The first-order valence-corrected chi connectivity index (χ1v) is 7.90. The third-order valence-corrected chi connectivity index (χ3v) is 3.85. The van der Waals surface area contributed by atoms with Crippen LogP contribution < -0.4 is 5.32 Å². The van der Waals surface area contributed by atoms with Gasteiger partial charge in [-0.25, -0.2) is 9.37 Å². The second-order valence-corrected chi connectivity index (χ2v) is 5.60. The number of carbonyl (C=O) groups is 1. The number of nitrogens with one attached hydrogen (secondary N) is 1. The fraction of sp³-hybridized carbons (Fsp3) is 0.100. The second-order valence-electron chi connectivity index (χ2n) is 5.60. The van der Waals surface area contributed by atoms with Crippen LogP contribution in [0.4, 0.5) is 4.39 Å². The van der Waals surface area contributed by atoms with Crippen molar-refractivity contribution in [2.45, 2.75) is 6.04 Å². The summed E-state index contributed by atoms with van der Waals surface area (Å²) in [4.78, 5) is 16.6. The normalized spacial score (nSPS) is 12.2. The molecule has 1 atom stereocenters. The molecular formula is C20H18FN3O. The van der Waals surface area contributed by atoms with Crippen LogP contribution in [0.5, 0.6) is 0 Å². The lowest BCUT2D eigenvalue weighted by atomic mass is 10.1. The topological polar surface area (TPSA) is 46.9 Å². The monoisotopic (exact) mass is 335 g/mol. The van der Waals surface area contributed by atoms with E-state index >= 15 is 0 Å². The first-order chi connectivity index (χ1) is 12.1. The van der Waals surface area contributed by atoms with E-state index in [1.165, 1.54) is 12.1 Å². The molecule has 1 heterocycles. The van der Waals surface area contributed by atoms with Gasteiger partial charge in [-0.05, 0) is 17.7 Å². The number of halogens is 1. The first kappa shape index (κ1) is 16.6. The van der Waals surface area contributed by atoms with E-state index in [0.29, 0.717) is 11.4 Å². The molecule has 1 amide bonds. The van der Waals surface area contributed by atoms with Crippen molar-refractivity contribution in [3.8, 4) is 0 Å². The summed E-state index contributed by atoms with van der Waals surface area (Å²) < 4.78 is 16.0. The minimum Gasteiger partial charge on any atom is -0.338 e. The molecule has 1 aromatic heterocycles. The van der Waals surface area contributed by atoms with Crippen molar-refractivity contribution in [3.63, 3.8) is 0 Å². The average molecular weight is 335 g/mol. The van der Waals surface area contributed by atoms with Crippen molar-refractivity contribution in [3.05, 3.63) is 95.8 Å². The van der Waals surface area contributed by atoms with Gasteiger partial charge in [0, 0.05) is 31.1 Å². The lowest BCUT2D eigenvalue weighted by Gasteiger charge is -2.18. The van der Waals surface area contributed by atoms with Crippen molar-refractivity contribution < 1.29 is 9.18 Å². The molecule has 0 aliphatic carbocycles. The van der Waals surface area contributed by atoms with Gasteiger partial charge in [0.25, 0.3) is 0 Å². The van der Waals surface area contributed by atoms with E-state index in [-0.39, 0.29) is 11.7 Å². The molecule has 4 nitrogen and oxygen atoms in total. The molecule has 0 aliphatic heterocycles. The first-order valence-electron chi connectivity index (χ1n) is 7.90. The van der Waals surface area contributed by atoms with Crippen molar-refractivity contribution in [2.24, 2.45) is 7.05 Å². The standard InChI is InChI=1S/C20H18FN3O/c1-24-14-13-22-20(24)19(16-9-5-6-10-17(16)21)23-18(25)12-11-15-7-3-2-4-8-15/h2-14,19H,1H3,(H,23,25)/b12-11+. The molecule has 3 rings (SSSR count). The zero-order chi connectivity index (χ0) is 17.6. The molecule has 0 radical (unpaired) electrons. The number of carbonyl (C=O) groups excluding carboxylic acids is 1. The van der Waals surface area contributed by atoms with Crippen LogP contribution in [0.2, 0.25) is 0 Å². The van der Waals surface area contributed by atoms with Crippen molar-refractivity contribution in [2.75, 3.05) is 0 Å². The number of benzene rings is 2. The highest BCUT2D eigenvalue weighted by molar-refractivity contribution is 5.92. The number of aromatic nitrogens is 2. The van der Waals surface area contributed by atoms with Crippen LogP contribution in [0.1, 0.15) is 23.0 Å². The van der Waals surface area contributed by atoms with Gasteiger partial charge < -0.3 is 9.88 Å². The van der Waals surface area contributed by atoms with Gasteiger partial charge in [0.05, 0.1) is 0 Å². The van der Waals surface area contributed by atoms with Crippen LogP contribution >= 0.6 is 0 Å². The highest BCUT2D eigenvalue weighted by atomic mass is 19.1. The number of rotatable bonds is 5. The Bertz CT molecular complexity index is 887. The molecule has 1 unspecified atom stereocenters. The maximum atomic E-state index is 14.3. The Hall–Kier alpha value is -3.21. The van der Waals surface area contributed by atoms with Crippen LogP contribution in [0.15, 0.2) is 73.1 Å². The minimum absolute atomic E-state index is 0.319. The van der Waals surface area contributed by atoms with Crippen LogP contribution in [0.3, 0.4) is 0 Å². The summed E-state index contributed by atoms with van der Waals surface area (Å²) in [5.74, 6) is -0.144. The molecular weight excluding hydrogens is 317 g/mol. The molecule has 2 aromatic carbocycles. The SMILES string of the molecule is Cn1ccnc1C(NC(=O)/C=C/c1ccccc1)c1ccccc1F. The molecule has 3 aromatic rings. The van der Waals surface area contributed by atoms with Crippen LogP contribution in [-0.2, 0) is 11.8 Å². The summed E-state index contributed by atoms with van der Waals surface area (Å²) in [5.41, 5.74) is 1.29. The fourth-order valence-corrected chi connectivity index (χ4v) is 2.57. The Kier molecular flexibility index (Phi) is 5.04. The van der Waals surface area contributed by atoms with E-state index in [1.807, 2.05) is 37.4 Å².